The smallest absolute Gasteiger partial charge is 0.239 e. The maximum Gasteiger partial charge on any atom is 0.239 e. The van der Waals surface area contributed by atoms with Gasteiger partial charge in [-0.05, 0) is 50.5 Å². The lowest BCUT2D eigenvalue weighted by atomic mass is 10.1. The number of rotatable bonds is 8. The van der Waals surface area contributed by atoms with Gasteiger partial charge >= 0.3 is 0 Å². The van der Waals surface area contributed by atoms with Gasteiger partial charge in [0.2, 0.25) is 5.91 Å². The van der Waals surface area contributed by atoms with Crippen LogP contribution in [0, 0.1) is 5.82 Å². The van der Waals surface area contributed by atoms with E-state index in [0.29, 0.717) is 31.6 Å². The summed E-state index contributed by atoms with van der Waals surface area (Å²) in [7, 11) is -3.55. The summed E-state index contributed by atoms with van der Waals surface area (Å²) in [6, 6.07) is 14.0. The summed E-state index contributed by atoms with van der Waals surface area (Å²) in [5, 5.41) is 2.49. The van der Waals surface area contributed by atoms with Crippen molar-refractivity contribution in [3.63, 3.8) is 0 Å². The van der Waals surface area contributed by atoms with E-state index in [9.17, 15) is 17.6 Å². The van der Waals surface area contributed by atoms with Crippen molar-refractivity contribution in [1.29, 1.82) is 0 Å². The third kappa shape index (κ3) is 7.04. The Kier molecular flexibility index (Phi) is 7.67. The van der Waals surface area contributed by atoms with Crippen LogP contribution in [-0.2, 0) is 25.8 Å². The molecule has 3 rings (SSSR count). The number of anilines is 2. The largest absolute Gasteiger partial charge is 0.372 e. The number of nitrogens with one attached hydrogen (secondary N) is 1. The van der Waals surface area contributed by atoms with E-state index >= 15 is 0 Å². The molecule has 168 valence electrons. The van der Waals surface area contributed by atoms with Gasteiger partial charge in [-0.1, -0.05) is 30.3 Å². The number of hydrogen-bond acceptors (Lipinski definition) is 5. The SMILES string of the molecule is CC1CN(c2ccc(NC(=O)CS(=O)(=O)CCCc3ccccc3)cc2F)CC(C)O1. The number of carbonyl (C=O) groups excluding carboxylic acids is 1. The zero-order valence-corrected chi connectivity index (χ0v) is 18.7. The predicted molar refractivity (Wildman–Crippen MR) is 121 cm³/mol. The maximum absolute atomic E-state index is 14.7. The molecule has 8 heteroatoms. The van der Waals surface area contributed by atoms with Gasteiger partial charge in [0, 0.05) is 18.8 Å². The number of morpholine rings is 1. The summed E-state index contributed by atoms with van der Waals surface area (Å²) >= 11 is 0. The second-order valence-electron chi connectivity index (χ2n) is 8.06. The third-order valence-electron chi connectivity index (χ3n) is 5.11. The third-order valence-corrected chi connectivity index (χ3v) is 6.72. The van der Waals surface area contributed by atoms with Crippen molar-refractivity contribution < 1.29 is 22.3 Å². The number of hydrogen-bond donors (Lipinski definition) is 1. The van der Waals surface area contributed by atoms with Gasteiger partial charge in [0.15, 0.2) is 9.84 Å². The summed E-state index contributed by atoms with van der Waals surface area (Å²) in [4.78, 5) is 14.1. The Bertz CT molecular complexity index is 988. The molecule has 1 N–H and O–H groups in total. The van der Waals surface area contributed by atoms with Crippen molar-refractivity contribution in [3.8, 4) is 0 Å². The summed E-state index contributed by atoms with van der Waals surface area (Å²) in [5.41, 5.74) is 1.73. The quantitative estimate of drug-likeness (QED) is 0.670. The van der Waals surface area contributed by atoms with Crippen molar-refractivity contribution in [3.05, 3.63) is 59.9 Å². The summed E-state index contributed by atoms with van der Waals surface area (Å²) in [5.74, 6) is -1.83. The van der Waals surface area contributed by atoms with Gasteiger partial charge in [-0.2, -0.15) is 0 Å². The normalized spacial score (nSPS) is 19.3. The Morgan fingerprint density at radius 2 is 1.81 bits per heavy atom. The fourth-order valence-electron chi connectivity index (χ4n) is 3.83. The summed E-state index contributed by atoms with van der Waals surface area (Å²) in [6.07, 6.45) is 1.07. The van der Waals surface area contributed by atoms with Crippen LogP contribution in [0.3, 0.4) is 0 Å². The average molecular weight is 449 g/mol. The Morgan fingerprint density at radius 3 is 2.45 bits per heavy atom. The van der Waals surface area contributed by atoms with E-state index in [1.807, 2.05) is 49.1 Å². The number of sulfone groups is 1. The van der Waals surface area contributed by atoms with Crippen molar-refractivity contribution in [2.75, 3.05) is 34.8 Å². The first kappa shape index (κ1) is 23.2. The van der Waals surface area contributed by atoms with Gasteiger partial charge in [-0.3, -0.25) is 4.79 Å². The van der Waals surface area contributed by atoms with Crippen molar-refractivity contribution in [1.82, 2.24) is 0 Å². The van der Waals surface area contributed by atoms with E-state index in [0.717, 1.165) is 5.56 Å². The monoisotopic (exact) mass is 448 g/mol. The lowest BCUT2D eigenvalue weighted by Crippen LogP contribution is -2.45. The lowest BCUT2D eigenvalue weighted by Gasteiger charge is -2.37. The molecular weight excluding hydrogens is 419 g/mol. The summed E-state index contributed by atoms with van der Waals surface area (Å²) in [6.45, 7) is 5.04. The molecule has 1 saturated heterocycles. The molecule has 31 heavy (non-hydrogen) atoms. The van der Waals surface area contributed by atoms with Crippen LogP contribution in [-0.4, -0.2) is 51.1 Å². The molecule has 0 spiro atoms. The number of aryl methyl sites for hydroxylation is 1. The van der Waals surface area contributed by atoms with Crippen molar-refractivity contribution in [2.45, 2.75) is 38.9 Å². The summed E-state index contributed by atoms with van der Waals surface area (Å²) < 4.78 is 44.8. The minimum Gasteiger partial charge on any atom is -0.372 e. The van der Waals surface area contributed by atoms with Crippen LogP contribution in [0.1, 0.15) is 25.8 Å². The molecule has 1 fully saturated rings. The standard InChI is InChI=1S/C23H29FN2O4S/c1-17-14-26(15-18(2)30-17)22-11-10-20(13-21(22)24)25-23(27)16-31(28,29)12-6-9-19-7-4-3-5-8-19/h3-5,7-8,10-11,13,17-18H,6,9,12,14-16H2,1-2H3,(H,25,27). The minimum atomic E-state index is -3.55. The molecule has 2 aromatic carbocycles. The number of benzene rings is 2. The topological polar surface area (TPSA) is 75.7 Å². The fraction of sp³-hybridized carbons (Fsp3) is 0.435. The van der Waals surface area contributed by atoms with E-state index in [-0.39, 0.29) is 23.6 Å². The first-order valence-electron chi connectivity index (χ1n) is 10.5. The van der Waals surface area contributed by atoms with Crippen LogP contribution < -0.4 is 10.2 Å². The molecule has 2 aromatic rings. The van der Waals surface area contributed by atoms with Crippen molar-refractivity contribution >= 4 is 27.1 Å². The minimum absolute atomic E-state index is 0.00498. The zero-order chi connectivity index (χ0) is 22.4. The van der Waals surface area contributed by atoms with Crippen LogP contribution in [0.5, 0.6) is 0 Å². The Morgan fingerprint density at radius 1 is 1.13 bits per heavy atom. The molecule has 6 nitrogen and oxygen atoms in total. The second kappa shape index (κ2) is 10.2. The van der Waals surface area contributed by atoms with Crippen LogP contribution in [0.2, 0.25) is 0 Å². The molecule has 2 unspecified atom stereocenters. The molecule has 1 heterocycles. The number of nitrogens with zero attached hydrogens (tertiary/aromatic N) is 1. The fourth-order valence-corrected chi connectivity index (χ4v) is 5.03. The van der Waals surface area contributed by atoms with Gasteiger partial charge in [0.05, 0.1) is 23.6 Å². The molecule has 2 atom stereocenters. The molecule has 1 aliphatic rings. The van der Waals surface area contributed by atoms with E-state index in [2.05, 4.69) is 5.32 Å². The van der Waals surface area contributed by atoms with Gasteiger partial charge < -0.3 is 15.0 Å². The van der Waals surface area contributed by atoms with Gasteiger partial charge in [0.25, 0.3) is 0 Å². The number of carbonyl (C=O) groups is 1. The first-order valence-corrected chi connectivity index (χ1v) is 12.3. The van der Waals surface area contributed by atoms with Crippen LogP contribution in [0.25, 0.3) is 0 Å². The van der Waals surface area contributed by atoms with E-state index in [4.69, 9.17) is 4.74 Å². The molecule has 0 bridgehead atoms. The molecule has 0 saturated carbocycles. The van der Waals surface area contributed by atoms with E-state index in [1.54, 1.807) is 12.1 Å². The number of ether oxygens (including phenoxy) is 1. The second-order valence-corrected chi connectivity index (χ2v) is 10.2. The molecule has 1 aliphatic heterocycles. The van der Waals surface area contributed by atoms with Gasteiger partial charge in [-0.25, -0.2) is 12.8 Å². The van der Waals surface area contributed by atoms with Crippen LogP contribution in [0.4, 0.5) is 15.8 Å². The lowest BCUT2D eigenvalue weighted by molar-refractivity contribution is -0.113. The molecular formula is C23H29FN2O4S. The Labute approximate surface area is 183 Å². The highest BCUT2D eigenvalue weighted by Gasteiger charge is 2.24. The molecule has 0 radical (unpaired) electrons. The zero-order valence-electron chi connectivity index (χ0n) is 17.9. The first-order chi connectivity index (χ1) is 14.7. The van der Waals surface area contributed by atoms with Crippen LogP contribution in [0.15, 0.2) is 48.5 Å². The Balaban J connectivity index is 1.53. The highest BCUT2D eigenvalue weighted by Crippen LogP contribution is 2.26. The maximum atomic E-state index is 14.7. The average Bonchev–Trinajstić information content (AvgIpc) is 2.67. The van der Waals surface area contributed by atoms with Crippen LogP contribution >= 0.6 is 0 Å². The number of halogens is 1. The van der Waals surface area contributed by atoms with Gasteiger partial charge in [-0.15, -0.1) is 0 Å². The molecule has 0 aliphatic carbocycles. The highest BCUT2D eigenvalue weighted by molar-refractivity contribution is 7.92. The van der Waals surface area contributed by atoms with Crippen molar-refractivity contribution in [2.24, 2.45) is 0 Å². The molecule has 1 amide bonds. The van der Waals surface area contributed by atoms with E-state index < -0.39 is 27.3 Å². The molecule has 0 aromatic heterocycles. The number of amides is 1. The predicted octanol–water partition coefficient (Wildman–Crippen LogP) is 3.43. The van der Waals surface area contributed by atoms with E-state index in [1.165, 1.54) is 6.07 Å². The van der Waals surface area contributed by atoms with Gasteiger partial charge in [0.1, 0.15) is 11.6 Å². The Hall–Kier alpha value is -2.45. The highest BCUT2D eigenvalue weighted by atomic mass is 32.2.